The van der Waals surface area contributed by atoms with Gasteiger partial charge < -0.3 is 5.32 Å². The van der Waals surface area contributed by atoms with E-state index in [4.69, 9.17) is 0 Å². The molecule has 5 nitrogen and oxygen atoms in total. The van der Waals surface area contributed by atoms with Crippen LogP contribution in [-0.4, -0.2) is 41.3 Å². The van der Waals surface area contributed by atoms with Gasteiger partial charge in [0.2, 0.25) is 11.8 Å². The summed E-state index contributed by atoms with van der Waals surface area (Å²) < 4.78 is 0. The van der Waals surface area contributed by atoms with Crippen molar-refractivity contribution in [3.05, 3.63) is 46.5 Å². The summed E-state index contributed by atoms with van der Waals surface area (Å²) in [6, 6.07) is 7.32. The summed E-state index contributed by atoms with van der Waals surface area (Å²) in [5.74, 6) is -0.237. The molecule has 1 aromatic carbocycles. The minimum absolute atomic E-state index is 0.0393. The Hall–Kier alpha value is -2.08. The summed E-state index contributed by atoms with van der Waals surface area (Å²) in [5.41, 5.74) is 1.50. The normalized spacial score (nSPS) is 15.8. The van der Waals surface area contributed by atoms with E-state index >= 15 is 0 Å². The lowest BCUT2D eigenvalue weighted by Gasteiger charge is -2.16. The second kappa shape index (κ2) is 8.68. The Balaban J connectivity index is 2.08. The minimum Gasteiger partial charge on any atom is -0.355 e. The third kappa shape index (κ3) is 4.71. The van der Waals surface area contributed by atoms with Crippen LogP contribution in [-0.2, 0) is 9.59 Å². The van der Waals surface area contributed by atoms with E-state index in [1.807, 2.05) is 32.0 Å². The molecule has 0 aromatic heterocycles. The maximum Gasteiger partial charge on any atom is 0.240 e. The molecule has 0 saturated carbocycles. The summed E-state index contributed by atoms with van der Waals surface area (Å²) in [6.07, 6.45) is 3.36. The van der Waals surface area contributed by atoms with Crippen molar-refractivity contribution in [3.63, 3.8) is 0 Å². The van der Waals surface area contributed by atoms with E-state index in [1.165, 1.54) is 22.7 Å². The van der Waals surface area contributed by atoms with Gasteiger partial charge in [-0.2, -0.15) is 0 Å². The molecule has 0 aliphatic carbocycles. The van der Waals surface area contributed by atoms with Gasteiger partial charge in [0, 0.05) is 18.2 Å². The van der Waals surface area contributed by atoms with Crippen molar-refractivity contribution in [2.45, 2.75) is 26.7 Å². The van der Waals surface area contributed by atoms with Gasteiger partial charge in [0.05, 0.1) is 10.8 Å². The number of hydrogen-bond acceptors (Lipinski definition) is 4. The summed E-state index contributed by atoms with van der Waals surface area (Å²) in [4.78, 5) is 37.8. The van der Waals surface area contributed by atoms with Crippen LogP contribution in [0.4, 0.5) is 0 Å². The van der Waals surface area contributed by atoms with Crippen LogP contribution in [0.25, 0.3) is 0 Å². The first-order valence-corrected chi connectivity index (χ1v) is 9.03. The number of rotatable bonds is 7. The van der Waals surface area contributed by atoms with Crippen molar-refractivity contribution < 1.29 is 14.4 Å². The van der Waals surface area contributed by atoms with Gasteiger partial charge in [-0.3, -0.25) is 19.3 Å². The van der Waals surface area contributed by atoms with Crippen molar-refractivity contribution in [2.75, 3.05) is 18.8 Å². The molecule has 2 rings (SSSR count). The molecule has 0 radical (unpaired) electrons. The highest BCUT2D eigenvalue weighted by molar-refractivity contribution is 8.04. The first-order valence-electron chi connectivity index (χ1n) is 8.04. The number of carbonyl (C=O) groups is 3. The first kappa shape index (κ1) is 18.3. The fraction of sp³-hybridized carbons (Fsp3) is 0.389. The Kier molecular flexibility index (Phi) is 6.61. The molecule has 128 valence electrons. The van der Waals surface area contributed by atoms with E-state index in [2.05, 4.69) is 5.32 Å². The van der Waals surface area contributed by atoms with Gasteiger partial charge in [-0.25, -0.2) is 0 Å². The molecule has 0 spiro atoms. The Morgan fingerprint density at radius 1 is 1.33 bits per heavy atom. The summed E-state index contributed by atoms with van der Waals surface area (Å²) >= 11 is 1.29. The second-order valence-electron chi connectivity index (χ2n) is 5.63. The van der Waals surface area contributed by atoms with Crippen molar-refractivity contribution in [3.8, 4) is 0 Å². The average Bonchev–Trinajstić information content (AvgIpc) is 2.88. The number of benzene rings is 1. The lowest BCUT2D eigenvalue weighted by Crippen LogP contribution is -2.38. The van der Waals surface area contributed by atoms with E-state index in [0.29, 0.717) is 17.1 Å². The fourth-order valence-electron chi connectivity index (χ4n) is 2.34. The second-order valence-corrected chi connectivity index (χ2v) is 6.63. The van der Waals surface area contributed by atoms with E-state index in [1.54, 1.807) is 6.07 Å². The number of amides is 2. The number of ketones is 1. The van der Waals surface area contributed by atoms with Gasteiger partial charge in [-0.1, -0.05) is 49.4 Å². The molecule has 0 bridgehead atoms. The zero-order valence-electron chi connectivity index (χ0n) is 14.0. The maximum absolute atomic E-state index is 12.4. The summed E-state index contributed by atoms with van der Waals surface area (Å²) in [6.45, 7) is 4.48. The Morgan fingerprint density at radius 2 is 2.08 bits per heavy atom. The third-order valence-corrected chi connectivity index (χ3v) is 4.76. The Morgan fingerprint density at radius 3 is 2.79 bits per heavy atom. The van der Waals surface area contributed by atoms with E-state index in [-0.39, 0.29) is 29.9 Å². The number of allylic oxidation sites excluding steroid dienone is 1. The fourth-order valence-corrected chi connectivity index (χ4v) is 3.28. The van der Waals surface area contributed by atoms with Crippen LogP contribution in [0.15, 0.2) is 35.4 Å². The van der Waals surface area contributed by atoms with Crippen molar-refractivity contribution >= 4 is 29.4 Å². The smallest absolute Gasteiger partial charge is 0.240 e. The molecule has 1 aliphatic heterocycles. The van der Waals surface area contributed by atoms with Crippen LogP contribution < -0.4 is 5.32 Å². The number of nitrogens with zero attached hydrogens (tertiary/aromatic N) is 1. The van der Waals surface area contributed by atoms with Gasteiger partial charge in [0.1, 0.15) is 6.54 Å². The number of unbranched alkanes of at least 4 members (excludes halogenated alkanes) is 1. The highest BCUT2D eigenvalue weighted by atomic mass is 32.2. The predicted octanol–water partition coefficient (Wildman–Crippen LogP) is 2.51. The van der Waals surface area contributed by atoms with Crippen LogP contribution in [0.1, 0.15) is 35.7 Å². The molecule has 2 amide bonds. The number of hydrogen-bond donors (Lipinski definition) is 1. The standard InChI is InChI=1S/C18H22N2O3S/c1-3-4-9-19-16(22)11-20-17(23)12-24-18(20)10-15(21)14-8-6-5-7-13(14)2/h5-8,10H,3-4,9,11-12H2,1-2H3,(H,19,22)/b18-10-. The van der Waals surface area contributed by atoms with Crippen LogP contribution in [0, 0.1) is 6.92 Å². The van der Waals surface area contributed by atoms with E-state index in [9.17, 15) is 14.4 Å². The lowest BCUT2D eigenvalue weighted by molar-refractivity contribution is -0.131. The molecule has 1 N–H and O–H groups in total. The molecule has 1 fully saturated rings. The highest BCUT2D eigenvalue weighted by Crippen LogP contribution is 2.29. The monoisotopic (exact) mass is 346 g/mol. The molecule has 1 saturated heterocycles. The molecular formula is C18H22N2O3S. The van der Waals surface area contributed by atoms with Gasteiger partial charge in [-0.05, 0) is 18.9 Å². The van der Waals surface area contributed by atoms with Gasteiger partial charge in [-0.15, -0.1) is 0 Å². The molecule has 24 heavy (non-hydrogen) atoms. The van der Waals surface area contributed by atoms with Gasteiger partial charge >= 0.3 is 0 Å². The average molecular weight is 346 g/mol. The highest BCUT2D eigenvalue weighted by Gasteiger charge is 2.29. The number of thioether (sulfide) groups is 1. The molecular weight excluding hydrogens is 324 g/mol. The number of carbonyl (C=O) groups excluding carboxylic acids is 3. The van der Waals surface area contributed by atoms with Gasteiger partial charge in [0.25, 0.3) is 0 Å². The zero-order valence-corrected chi connectivity index (χ0v) is 14.8. The molecule has 6 heteroatoms. The Labute approximate surface area is 146 Å². The summed E-state index contributed by atoms with van der Waals surface area (Å²) in [5, 5.41) is 3.33. The Bertz CT molecular complexity index is 670. The number of aryl methyl sites for hydroxylation is 1. The zero-order chi connectivity index (χ0) is 17.5. The van der Waals surface area contributed by atoms with Crippen molar-refractivity contribution in [1.29, 1.82) is 0 Å². The maximum atomic E-state index is 12.4. The topological polar surface area (TPSA) is 66.5 Å². The van der Waals surface area contributed by atoms with Crippen LogP contribution >= 0.6 is 11.8 Å². The van der Waals surface area contributed by atoms with E-state index < -0.39 is 0 Å². The van der Waals surface area contributed by atoms with Crippen LogP contribution in [0.2, 0.25) is 0 Å². The number of nitrogens with one attached hydrogen (secondary N) is 1. The predicted molar refractivity (Wildman–Crippen MR) is 95.7 cm³/mol. The molecule has 1 aromatic rings. The van der Waals surface area contributed by atoms with Crippen molar-refractivity contribution in [1.82, 2.24) is 10.2 Å². The van der Waals surface area contributed by atoms with Crippen LogP contribution in [0.3, 0.4) is 0 Å². The molecule has 1 heterocycles. The first-order chi connectivity index (χ1) is 11.5. The molecule has 0 atom stereocenters. The van der Waals surface area contributed by atoms with Gasteiger partial charge in [0.15, 0.2) is 5.78 Å². The minimum atomic E-state index is -0.200. The largest absolute Gasteiger partial charge is 0.355 e. The SMILES string of the molecule is CCCCNC(=O)CN1C(=O)CS/C1=C\C(=O)c1ccccc1C. The molecule has 0 unspecified atom stereocenters. The lowest BCUT2D eigenvalue weighted by atomic mass is 10.1. The summed E-state index contributed by atoms with van der Waals surface area (Å²) in [7, 11) is 0. The molecule has 1 aliphatic rings. The van der Waals surface area contributed by atoms with Crippen LogP contribution in [0.5, 0.6) is 0 Å². The van der Waals surface area contributed by atoms with Crippen molar-refractivity contribution in [2.24, 2.45) is 0 Å². The third-order valence-electron chi connectivity index (χ3n) is 3.73. The quantitative estimate of drug-likeness (QED) is 0.468. The van der Waals surface area contributed by atoms with E-state index in [0.717, 1.165) is 18.4 Å².